The minimum Gasteiger partial charge on any atom is -0.480 e. The van der Waals surface area contributed by atoms with Gasteiger partial charge in [0.05, 0.1) is 6.10 Å². The Hall–Kier alpha value is -0.220. The van der Waals surface area contributed by atoms with Crippen LogP contribution < -0.4 is 0 Å². The molecule has 0 radical (unpaired) electrons. The standard InChI is InChI=1S/C12H22O3S/c1-2-3-4-5-6-8-15-10-7-9-16-11(10)12(13)14/h10-11H,2-9H2,1H3,(H,13,14). The largest absolute Gasteiger partial charge is 0.480 e. The van der Waals surface area contributed by atoms with Gasteiger partial charge in [0.2, 0.25) is 0 Å². The first kappa shape index (κ1) is 13.8. The van der Waals surface area contributed by atoms with Gasteiger partial charge in [0.25, 0.3) is 0 Å². The minimum atomic E-state index is -0.724. The van der Waals surface area contributed by atoms with E-state index in [1.165, 1.54) is 37.4 Å². The van der Waals surface area contributed by atoms with Crippen LogP contribution in [-0.2, 0) is 9.53 Å². The molecule has 1 heterocycles. The van der Waals surface area contributed by atoms with Crippen molar-refractivity contribution in [1.29, 1.82) is 0 Å². The molecule has 16 heavy (non-hydrogen) atoms. The molecule has 0 saturated carbocycles. The Kier molecular flexibility index (Phi) is 6.88. The molecular weight excluding hydrogens is 224 g/mol. The van der Waals surface area contributed by atoms with E-state index >= 15 is 0 Å². The maximum Gasteiger partial charge on any atom is 0.319 e. The summed E-state index contributed by atoms with van der Waals surface area (Å²) in [6, 6.07) is 0. The van der Waals surface area contributed by atoms with E-state index in [9.17, 15) is 4.79 Å². The lowest BCUT2D eigenvalue weighted by Crippen LogP contribution is -2.29. The van der Waals surface area contributed by atoms with E-state index in [2.05, 4.69) is 6.92 Å². The molecule has 2 unspecified atom stereocenters. The quantitative estimate of drug-likeness (QED) is 0.669. The first-order chi connectivity index (χ1) is 7.75. The molecule has 0 aromatic carbocycles. The van der Waals surface area contributed by atoms with Crippen LogP contribution in [0.4, 0.5) is 0 Å². The number of thioether (sulfide) groups is 1. The van der Waals surface area contributed by atoms with Crippen LogP contribution in [0.3, 0.4) is 0 Å². The zero-order valence-corrected chi connectivity index (χ0v) is 10.8. The maximum absolute atomic E-state index is 10.9. The summed E-state index contributed by atoms with van der Waals surface area (Å²) in [6.07, 6.45) is 6.89. The summed E-state index contributed by atoms with van der Waals surface area (Å²) in [5.41, 5.74) is 0. The first-order valence-electron chi connectivity index (χ1n) is 6.21. The van der Waals surface area contributed by atoms with Crippen molar-refractivity contribution in [3.8, 4) is 0 Å². The van der Waals surface area contributed by atoms with E-state index in [1.54, 1.807) is 0 Å². The fraction of sp³-hybridized carbons (Fsp3) is 0.917. The number of carbonyl (C=O) groups is 1. The summed E-state index contributed by atoms with van der Waals surface area (Å²) in [5, 5.41) is 8.62. The van der Waals surface area contributed by atoms with Crippen molar-refractivity contribution in [2.75, 3.05) is 12.4 Å². The van der Waals surface area contributed by atoms with Gasteiger partial charge in [0.15, 0.2) is 0 Å². The van der Waals surface area contributed by atoms with Gasteiger partial charge in [-0.25, -0.2) is 0 Å². The predicted molar refractivity (Wildman–Crippen MR) is 67.0 cm³/mol. The Labute approximate surface area is 102 Å². The Morgan fingerprint density at radius 3 is 2.81 bits per heavy atom. The van der Waals surface area contributed by atoms with Gasteiger partial charge < -0.3 is 9.84 Å². The van der Waals surface area contributed by atoms with Crippen LogP contribution in [0, 0.1) is 0 Å². The van der Waals surface area contributed by atoms with Crippen LogP contribution in [-0.4, -0.2) is 34.8 Å². The third-order valence-electron chi connectivity index (χ3n) is 2.86. The van der Waals surface area contributed by atoms with Crippen molar-refractivity contribution >= 4 is 17.7 Å². The highest BCUT2D eigenvalue weighted by Crippen LogP contribution is 2.29. The molecule has 3 nitrogen and oxygen atoms in total. The predicted octanol–water partition coefficient (Wildman–Crippen LogP) is 2.93. The molecule has 0 aromatic heterocycles. The minimum absolute atomic E-state index is 0.0614. The smallest absolute Gasteiger partial charge is 0.319 e. The van der Waals surface area contributed by atoms with Crippen molar-refractivity contribution in [3.05, 3.63) is 0 Å². The van der Waals surface area contributed by atoms with E-state index < -0.39 is 5.97 Å². The Morgan fingerprint density at radius 2 is 2.12 bits per heavy atom. The lowest BCUT2D eigenvalue weighted by molar-refractivity contribution is -0.139. The molecule has 1 rings (SSSR count). The van der Waals surface area contributed by atoms with Gasteiger partial charge in [-0.1, -0.05) is 32.6 Å². The normalized spacial score (nSPS) is 24.8. The Morgan fingerprint density at radius 1 is 1.38 bits per heavy atom. The van der Waals surface area contributed by atoms with Crippen molar-refractivity contribution in [2.24, 2.45) is 0 Å². The van der Waals surface area contributed by atoms with Gasteiger partial charge in [0.1, 0.15) is 5.25 Å². The topological polar surface area (TPSA) is 46.5 Å². The van der Waals surface area contributed by atoms with Crippen LogP contribution >= 0.6 is 11.8 Å². The molecule has 0 aromatic rings. The van der Waals surface area contributed by atoms with Crippen LogP contribution in [0.2, 0.25) is 0 Å². The van der Waals surface area contributed by atoms with Crippen molar-refractivity contribution in [1.82, 2.24) is 0 Å². The third kappa shape index (κ3) is 4.74. The lowest BCUT2D eigenvalue weighted by atomic mass is 10.1. The monoisotopic (exact) mass is 246 g/mol. The van der Waals surface area contributed by atoms with Gasteiger partial charge in [0, 0.05) is 6.61 Å². The number of aliphatic carboxylic acids is 1. The highest BCUT2D eigenvalue weighted by atomic mass is 32.2. The average Bonchev–Trinajstić information content (AvgIpc) is 2.71. The SMILES string of the molecule is CCCCCCCOC1CCSC1C(=O)O. The number of rotatable bonds is 8. The fourth-order valence-electron chi connectivity index (χ4n) is 1.91. The second-order valence-corrected chi connectivity index (χ2v) is 5.49. The first-order valence-corrected chi connectivity index (χ1v) is 7.26. The summed E-state index contributed by atoms with van der Waals surface area (Å²) in [7, 11) is 0. The molecule has 0 amide bonds. The van der Waals surface area contributed by atoms with E-state index in [4.69, 9.17) is 9.84 Å². The van der Waals surface area contributed by atoms with Gasteiger partial charge >= 0.3 is 5.97 Å². The second kappa shape index (κ2) is 7.96. The van der Waals surface area contributed by atoms with Gasteiger partial charge in [-0.2, -0.15) is 0 Å². The summed E-state index contributed by atoms with van der Waals surface area (Å²) in [4.78, 5) is 10.9. The molecule has 1 N–H and O–H groups in total. The van der Waals surface area contributed by atoms with E-state index in [0.29, 0.717) is 0 Å². The molecule has 1 aliphatic rings. The van der Waals surface area contributed by atoms with Gasteiger partial charge in [-0.05, 0) is 18.6 Å². The van der Waals surface area contributed by atoms with Gasteiger partial charge in [-0.15, -0.1) is 11.8 Å². The van der Waals surface area contributed by atoms with E-state index in [-0.39, 0.29) is 11.4 Å². The number of ether oxygens (including phenoxy) is 1. The molecule has 0 bridgehead atoms. The van der Waals surface area contributed by atoms with Crippen LogP contribution in [0.1, 0.15) is 45.4 Å². The number of unbranched alkanes of at least 4 members (excludes halogenated alkanes) is 4. The number of hydrogen-bond acceptors (Lipinski definition) is 3. The molecule has 2 atom stereocenters. The number of carboxylic acids is 1. The number of carboxylic acid groups (broad SMARTS) is 1. The summed E-state index contributed by atoms with van der Waals surface area (Å²) in [5.74, 6) is 0.191. The van der Waals surface area contributed by atoms with Crippen molar-refractivity contribution in [2.45, 2.75) is 56.8 Å². The van der Waals surface area contributed by atoms with Crippen LogP contribution in [0.5, 0.6) is 0 Å². The fourth-order valence-corrected chi connectivity index (χ4v) is 3.11. The zero-order valence-electron chi connectivity index (χ0n) is 9.98. The molecular formula is C12H22O3S. The van der Waals surface area contributed by atoms with E-state index in [0.717, 1.165) is 25.2 Å². The molecule has 1 saturated heterocycles. The molecule has 0 aliphatic carbocycles. The molecule has 1 aliphatic heterocycles. The van der Waals surface area contributed by atoms with Gasteiger partial charge in [-0.3, -0.25) is 4.79 Å². The highest BCUT2D eigenvalue weighted by molar-refractivity contribution is 8.00. The van der Waals surface area contributed by atoms with Crippen LogP contribution in [0.25, 0.3) is 0 Å². The lowest BCUT2D eigenvalue weighted by Gasteiger charge is -2.15. The maximum atomic E-state index is 10.9. The van der Waals surface area contributed by atoms with E-state index in [1.807, 2.05) is 0 Å². The van der Waals surface area contributed by atoms with Crippen molar-refractivity contribution in [3.63, 3.8) is 0 Å². The van der Waals surface area contributed by atoms with Crippen LogP contribution in [0.15, 0.2) is 0 Å². The summed E-state index contributed by atoms with van der Waals surface area (Å²) >= 11 is 1.51. The highest BCUT2D eigenvalue weighted by Gasteiger charge is 2.34. The Balaban J connectivity index is 2.05. The summed E-state index contributed by atoms with van der Waals surface area (Å²) in [6.45, 7) is 2.92. The Bertz CT molecular complexity index is 208. The number of hydrogen-bond donors (Lipinski definition) is 1. The average molecular weight is 246 g/mol. The molecule has 1 fully saturated rings. The molecule has 0 spiro atoms. The molecule has 94 valence electrons. The zero-order chi connectivity index (χ0) is 11.8. The third-order valence-corrected chi connectivity index (χ3v) is 4.20. The second-order valence-electron chi connectivity index (χ2n) is 4.24. The van der Waals surface area contributed by atoms with Crippen molar-refractivity contribution < 1.29 is 14.6 Å². The molecule has 4 heteroatoms. The summed E-state index contributed by atoms with van der Waals surface area (Å²) < 4.78 is 5.66.